The highest BCUT2D eigenvalue weighted by Gasteiger charge is 2.02. The van der Waals surface area contributed by atoms with Crippen molar-refractivity contribution in [3.63, 3.8) is 0 Å². The van der Waals surface area contributed by atoms with Gasteiger partial charge in [-0.3, -0.25) is 0 Å². The van der Waals surface area contributed by atoms with Crippen molar-refractivity contribution in [3.8, 4) is 0 Å². The minimum absolute atomic E-state index is 1.01. The largest absolute Gasteiger partial charge is 0.359 e. The van der Waals surface area contributed by atoms with Crippen LogP contribution in [0, 0.1) is 3.70 Å². The monoisotopic (exact) mass is 322 g/mol. The Balaban J connectivity index is 2.96. The minimum Gasteiger partial charge on any atom is -0.359 e. The van der Waals surface area contributed by atoms with Gasteiger partial charge in [-0.1, -0.05) is 0 Å². The van der Waals surface area contributed by atoms with Crippen molar-refractivity contribution in [2.45, 2.75) is 0 Å². The summed E-state index contributed by atoms with van der Waals surface area (Å²) in [5.41, 5.74) is 1.10. The summed E-state index contributed by atoms with van der Waals surface area (Å²) in [5, 5.41) is 1.18. The molecule has 0 saturated heterocycles. The molecule has 0 fully saturated rings. The van der Waals surface area contributed by atoms with Crippen molar-refractivity contribution in [1.82, 2.24) is 9.97 Å². The van der Waals surface area contributed by atoms with Gasteiger partial charge in [0.2, 0.25) is 0 Å². The predicted octanol–water partition coefficient (Wildman–Crippen LogP) is 2.93. The van der Waals surface area contributed by atoms with Crippen molar-refractivity contribution >= 4 is 49.4 Å². The molecule has 1 N–H and O–H groups in total. The molecular weight excluding hydrogens is 319 g/mol. The lowest BCUT2D eigenvalue weighted by Crippen LogP contribution is -1.81. The van der Waals surface area contributed by atoms with Crippen molar-refractivity contribution in [2.75, 3.05) is 0 Å². The van der Waals surface area contributed by atoms with Gasteiger partial charge >= 0.3 is 0 Å². The zero-order chi connectivity index (χ0) is 7.84. The Kier molecular flexibility index (Phi) is 1.88. The van der Waals surface area contributed by atoms with E-state index in [1.54, 1.807) is 0 Å². The molecule has 2 rings (SSSR count). The van der Waals surface area contributed by atoms with Crippen LogP contribution in [-0.2, 0) is 0 Å². The molecule has 56 valence electrons. The third-order valence-electron chi connectivity index (χ3n) is 1.50. The van der Waals surface area contributed by atoms with Crippen LogP contribution in [0.2, 0.25) is 0 Å². The van der Waals surface area contributed by atoms with E-state index in [2.05, 4.69) is 48.5 Å². The molecule has 0 bridgehead atoms. The first-order valence-corrected chi connectivity index (χ1v) is 4.93. The second-order valence-corrected chi connectivity index (χ2v) is 4.04. The molecule has 4 heteroatoms. The highest BCUT2D eigenvalue weighted by molar-refractivity contribution is 14.1. The molecule has 2 aromatic rings. The number of hydrogen-bond acceptors (Lipinski definition) is 1. The maximum Gasteiger partial charge on any atom is 0.125 e. The number of aromatic nitrogens is 2. The van der Waals surface area contributed by atoms with Crippen molar-refractivity contribution in [3.05, 3.63) is 26.6 Å². The van der Waals surface area contributed by atoms with Gasteiger partial charge in [-0.25, -0.2) is 4.98 Å². The predicted molar refractivity (Wildman–Crippen MR) is 56.5 cm³/mol. The van der Waals surface area contributed by atoms with Crippen LogP contribution < -0.4 is 0 Å². The summed E-state index contributed by atoms with van der Waals surface area (Å²) in [4.78, 5) is 7.32. The zero-order valence-corrected chi connectivity index (χ0v) is 9.18. The summed E-state index contributed by atoms with van der Waals surface area (Å²) in [5.74, 6) is 0. The van der Waals surface area contributed by atoms with Gasteiger partial charge in [0, 0.05) is 22.3 Å². The molecule has 11 heavy (non-hydrogen) atoms. The standard InChI is InChI=1S/C7H4BrIN2/c8-5-3-11-7(9)6-4(5)1-2-10-6/h1-3,10H. The first-order chi connectivity index (χ1) is 5.29. The van der Waals surface area contributed by atoms with E-state index in [1.165, 1.54) is 5.39 Å². The summed E-state index contributed by atoms with van der Waals surface area (Å²) in [6, 6.07) is 2.03. The lowest BCUT2D eigenvalue weighted by atomic mass is 10.3. The molecule has 2 aromatic heterocycles. The number of aromatic amines is 1. The fourth-order valence-electron chi connectivity index (χ4n) is 0.987. The Morgan fingerprint density at radius 2 is 2.36 bits per heavy atom. The third-order valence-corrected chi connectivity index (χ3v) is 2.95. The molecule has 0 amide bonds. The molecule has 0 radical (unpaired) electrons. The maximum atomic E-state index is 4.19. The van der Waals surface area contributed by atoms with Gasteiger partial charge in [0.15, 0.2) is 0 Å². The van der Waals surface area contributed by atoms with Crippen LogP contribution in [0.15, 0.2) is 22.9 Å². The van der Waals surface area contributed by atoms with E-state index < -0.39 is 0 Å². The summed E-state index contributed by atoms with van der Waals surface area (Å²) < 4.78 is 2.04. The molecule has 0 aliphatic rings. The molecule has 0 atom stereocenters. The van der Waals surface area contributed by atoms with Crippen LogP contribution in [0.1, 0.15) is 0 Å². The van der Waals surface area contributed by atoms with Crippen LogP contribution in [-0.4, -0.2) is 9.97 Å². The highest BCUT2D eigenvalue weighted by Crippen LogP contribution is 2.24. The van der Waals surface area contributed by atoms with Crippen molar-refractivity contribution < 1.29 is 0 Å². The molecule has 0 saturated carbocycles. The minimum atomic E-state index is 1.01. The summed E-state index contributed by atoms with van der Waals surface area (Å²) in [6.07, 6.45) is 3.73. The van der Waals surface area contributed by atoms with Crippen LogP contribution >= 0.6 is 38.5 Å². The van der Waals surface area contributed by atoms with Gasteiger partial charge in [0.25, 0.3) is 0 Å². The number of pyridine rings is 1. The lowest BCUT2D eigenvalue weighted by molar-refractivity contribution is 1.27. The number of nitrogens with one attached hydrogen (secondary N) is 1. The topological polar surface area (TPSA) is 28.7 Å². The van der Waals surface area contributed by atoms with Crippen LogP contribution in [0.25, 0.3) is 10.9 Å². The fraction of sp³-hybridized carbons (Fsp3) is 0. The van der Waals surface area contributed by atoms with Gasteiger partial charge in [0.1, 0.15) is 3.70 Å². The summed E-state index contributed by atoms with van der Waals surface area (Å²) in [7, 11) is 0. The maximum absolute atomic E-state index is 4.19. The number of rotatable bonds is 0. The smallest absolute Gasteiger partial charge is 0.125 e. The number of halogens is 2. The average molecular weight is 323 g/mol. The summed E-state index contributed by atoms with van der Waals surface area (Å²) >= 11 is 5.63. The van der Waals surface area contributed by atoms with E-state index >= 15 is 0 Å². The molecule has 0 unspecified atom stereocenters. The first kappa shape index (κ1) is 7.54. The Bertz CT molecular complexity index is 360. The van der Waals surface area contributed by atoms with Crippen LogP contribution in [0.3, 0.4) is 0 Å². The molecule has 0 spiro atoms. The lowest BCUT2D eigenvalue weighted by Gasteiger charge is -1.94. The number of nitrogens with zero attached hydrogens (tertiary/aromatic N) is 1. The number of fused-ring (bicyclic) bond motifs is 1. The average Bonchev–Trinajstić information content (AvgIpc) is 2.45. The number of H-pyrrole nitrogens is 1. The zero-order valence-electron chi connectivity index (χ0n) is 5.44. The molecule has 0 aliphatic carbocycles. The van der Waals surface area contributed by atoms with Crippen LogP contribution in [0.4, 0.5) is 0 Å². The van der Waals surface area contributed by atoms with E-state index in [9.17, 15) is 0 Å². The van der Waals surface area contributed by atoms with Gasteiger partial charge in [0.05, 0.1) is 5.52 Å². The summed E-state index contributed by atoms with van der Waals surface area (Å²) in [6.45, 7) is 0. The SMILES string of the molecule is Brc1cnc(I)c2[nH]ccc12. The Morgan fingerprint density at radius 1 is 1.55 bits per heavy atom. The Labute approximate surface area is 85.7 Å². The van der Waals surface area contributed by atoms with Crippen molar-refractivity contribution in [2.24, 2.45) is 0 Å². The molecular formula is C7H4BrIN2. The second kappa shape index (κ2) is 2.75. The fourth-order valence-corrected chi connectivity index (χ4v) is 2.00. The number of hydrogen-bond donors (Lipinski definition) is 1. The van der Waals surface area contributed by atoms with E-state index in [4.69, 9.17) is 0 Å². The third kappa shape index (κ3) is 1.18. The van der Waals surface area contributed by atoms with Gasteiger partial charge in [-0.15, -0.1) is 0 Å². The van der Waals surface area contributed by atoms with E-state index in [-0.39, 0.29) is 0 Å². The molecule has 0 aromatic carbocycles. The van der Waals surface area contributed by atoms with Crippen molar-refractivity contribution in [1.29, 1.82) is 0 Å². The highest BCUT2D eigenvalue weighted by atomic mass is 127. The first-order valence-electron chi connectivity index (χ1n) is 3.06. The van der Waals surface area contributed by atoms with Gasteiger partial charge < -0.3 is 4.98 Å². The molecule has 2 nitrogen and oxygen atoms in total. The second-order valence-electron chi connectivity index (χ2n) is 2.16. The van der Waals surface area contributed by atoms with E-state index in [1.807, 2.05) is 18.5 Å². The molecule has 0 aliphatic heterocycles. The quantitative estimate of drug-likeness (QED) is 0.586. The van der Waals surface area contributed by atoms with E-state index in [0.717, 1.165) is 13.7 Å². The Hall–Kier alpha value is -0.100. The van der Waals surface area contributed by atoms with Gasteiger partial charge in [-0.05, 0) is 44.6 Å². The van der Waals surface area contributed by atoms with Gasteiger partial charge in [-0.2, -0.15) is 0 Å². The Morgan fingerprint density at radius 3 is 3.09 bits per heavy atom. The van der Waals surface area contributed by atoms with Crippen LogP contribution in [0.5, 0.6) is 0 Å². The molecule has 2 heterocycles. The normalized spacial score (nSPS) is 10.7. The van der Waals surface area contributed by atoms with E-state index in [0.29, 0.717) is 0 Å².